The monoisotopic (exact) mass is 247 g/mol. The maximum atomic E-state index is 11.8. The molecule has 0 aromatic heterocycles. The number of carboxylic acids is 1. The summed E-state index contributed by atoms with van der Waals surface area (Å²) in [5, 5.41) is 9.70. The lowest BCUT2D eigenvalue weighted by Crippen LogP contribution is -2.46. The minimum absolute atomic E-state index is 0.678. The van der Waals surface area contributed by atoms with Crippen LogP contribution in [0.2, 0.25) is 0 Å². The second-order valence-corrected chi connectivity index (χ2v) is 5.51. The number of hydrogen-bond acceptors (Lipinski definition) is 2. The first-order valence-corrected chi connectivity index (χ1v) is 6.45. The van der Waals surface area contributed by atoms with Crippen LogP contribution in [0.25, 0.3) is 0 Å². The van der Waals surface area contributed by atoms with Crippen LogP contribution in [0.1, 0.15) is 29.5 Å². The van der Waals surface area contributed by atoms with Crippen molar-refractivity contribution >= 4 is 5.97 Å². The van der Waals surface area contributed by atoms with Crippen LogP contribution in [-0.4, -0.2) is 36.1 Å². The maximum absolute atomic E-state index is 11.8. The second kappa shape index (κ2) is 4.73. The van der Waals surface area contributed by atoms with Gasteiger partial charge in [-0.3, -0.25) is 4.79 Å². The zero-order chi connectivity index (χ0) is 13.3. The largest absolute Gasteiger partial charge is 0.481 e. The average molecular weight is 247 g/mol. The van der Waals surface area contributed by atoms with Gasteiger partial charge in [0.15, 0.2) is 0 Å². The van der Waals surface area contributed by atoms with Crippen molar-refractivity contribution in [3.8, 4) is 0 Å². The Kier molecular flexibility index (Phi) is 3.44. The molecule has 0 atom stereocenters. The molecule has 1 fully saturated rings. The highest BCUT2D eigenvalue weighted by Gasteiger charge is 2.43. The van der Waals surface area contributed by atoms with Crippen LogP contribution in [0.15, 0.2) is 18.2 Å². The second-order valence-electron chi connectivity index (χ2n) is 5.51. The van der Waals surface area contributed by atoms with E-state index < -0.39 is 11.4 Å². The van der Waals surface area contributed by atoms with Gasteiger partial charge in [-0.05, 0) is 58.0 Å². The molecule has 0 saturated carbocycles. The van der Waals surface area contributed by atoms with Gasteiger partial charge >= 0.3 is 5.97 Å². The Morgan fingerprint density at radius 3 is 2.39 bits per heavy atom. The number of benzene rings is 1. The maximum Gasteiger partial charge on any atom is 0.314 e. The van der Waals surface area contributed by atoms with Crippen LogP contribution >= 0.6 is 0 Å². The molecule has 0 aliphatic carbocycles. The van der Waals surface area contributed by atoms with Crippen LogP contribution < -0.4 is 0 Å². The summed E-state index contributed by atoms with van der Waals surface area (Å²) in [6.45, 7) is 5.75. The Morgan fingerprint density at radius 1 is 1.28 bits per heavy atom. The number of aliphatic carboxylic acids is 1. The van der Waals surface area contributed by atoms with E-state index in [-0.39, 0.29) is 0 Å². The van der Waals surface area contributed by atoms with Gasteiger partial charge in [0.2, 0.25) is 0 Å². The molecule has 1 aliphatic heterocycles. The fourth-order valence-electron chi connectivity index (χ4n) is 2.95. The molecule has 1 aromatic carbocycles. The molecule has 1 saturated heterocycles. The Balaban J connectivity index is 2.44. The van der Waals surface area contributed by atoms with Crippen molar-refractivity contribution < 1.29 is 9.90 Å². The molecule has 1 heterocycles. The van der Waals surface area contributed by atoms with Crippen LogP contribution in [0.5, 0.6) is 0 Å². The molecule has 0 radical (unpaired) electrons. The highest BCUT2D eigenvalue weighted by atomic mass is 16.4. The number of aryl methyl sites for hydroxylation is 2. The molecule has 1 aromatic rings. The first-order valence-electron chi connectivity index (χ1n) is 6.45. The van der Waals surface area contributed by atoms with Gasteiger partial charge in [0.05, 0.1) is 5.41 Å². The molecule has 3 heteroatoms. The van der Waals surface area contributed by atoms with Crippen molar-refractivity contribution in [2.24, 2.45) is 0 Å². The lowest BCUT2D eigenvalue weighted by molar-refractivity contribution is -0.145. The van der Waals surface area contributed by atoms with Gasteiger partial charge < -0.3 is 10.0 Å². The van der Waals surface area contributed by atoms with Gasteiger partial charge in [0.25, 0.3) is 0 Å². The first-order chi connectivity index (χ1) is 8.45. The molecule has 0 spiro atoms. The summed E-state index contributed by atoms with van der Waals surface area (Å²) in [6.07, 6.45) is 1.39. The van der Waals surface area contributed by atoms with E-state index in [1.807, 2.05) is 33.0 Å². The van der Waals surface area contributed by atoms with E-state index in [1.54, 1.807) is 0 Å². The van der Waals surface area contributed by atoms with Crippen LogP contribution in [0.3, 0.4) is 0 Å². The Morgan fingerprint density at radius 2 is 1.89 bits per heavy atom. The Bertz CT molecular complexity index is 460. The molecule has 1 aliphatic rings. The number of piperidine rings is 1. The molecule has 0 amide bonds. The number of hydrogen-bond donors (Lipinski definition) is 1. The van der Waals surface area contributed by atoms with Crippen molar-refractivity contribution in [3.63, 3.8) is 0 Å². The predicted molar refractivity (Wildman–Crippen MR) is 72.0 cm³/mol. The number of rotatable bonds is 2. The minimum Gasteiger partial charge on any atom is -0.481 e. The summed E-state index contributed by atoms with van der Waals surface area (Å²) >= 11 is 0. The Hall–Kier alpha value is -1.35. The molecular weight excluding hydrogens is 226 g/mol. The van der Waals surface area contributed by atoms with E-state index in [9.17, 15) is 9.90 Å². The normalized spacial score (nSPS) is 19.7. The zero-order valence-corrected chi connectivity index (χ0v) is 11.4. The van der Waals surface area contributed by atoms with Crippen molar-refractivity contribution in [3.05, 3.63) is 34.9 Å². The predicted octanol–water partition coefficient (Wildman–Crippen LogP) is 2.35. The van der Waals surface area contributed by atoms with Gasteiger partial charge in [-0.1, -0.05) is 23.8 Å². The van der Waals surface area contributed by atoms with E-state index in [4.69, 9.17) is 0 Å². The van der Waals surface area contributed by atoms with Crippen LogP contribution in [0, 0.1) is 13.8 Å². The van der Waals surface area contributed by atoms with Gasteiger partial charge in [0.1, 0.15) is 0 Å². The Labute approximate surface area is 108 Å². The topological polar surface area (TPSA) is 40.5 Å². The van der Waals surface area contributed by atoms with Crippen LogP contribution in [-0.2, 0) is 10.2 Å². The summed E-state index contributed by atoms with van der Waals surface area (Å²) < 4.78 is 0. The molecule has 0 bridgehead atoms. The molecule has 0 unspecified atom stereocenters. The smallest absolute Gasteiger partial charge is 0.314 e. The van der Waals surface area contributed by atoms with Crippen molar-refractivity contribution in [2.45, 2.75) is 32.1 Å². The molecule has 18 heavy (non-hydrogen) atoms. The van der Waals surface area contributed by atoms with E-state index >= 15 is 0 Å². The standard InChI is InChI=1S/C15H21NO2/c1-11-4-5-13(12(2)10-11)15(14(17)18)6-8-16(3)9-7-15/h4-5,10H,6-9H2,1-3H3,(H,17,18). The molecule has 3 nitrogen and oxygen atoms in total. The average Bonchev–Trinajstić information content (AvgIpc) is 2.30. The van der Waals surface area contributed by atoms with E-state index in [2.05, 4.69) is 11.0 Å². The molecule has 2 rings (SSSR count). The highest BCUT2D eigenvalue weighted by molar-refractivity contribution is 5.82. The van der Waals surface area contributed by atoms with Gasteiger partial charge in [-0.2, -0.15) is 0 Å². The van der Waals surface area contributed by atoms with Gasteiger partial charge in [-0.25, -0.2) is 0 Å². The van der Waals surface area contributed by atoms with E-state index in [1.165, 1.54) is 5.56 Å². The highest BCUT2D eigenvalue weighted by Crippen LogP contribution is 2.37. The summed E-state index contributed by atoms with van der Waals surface area (Å²) in [4.78, 5) is 14.0. The summed E-state index contributed by atoms with van der Waals surface area (Å²) in [7, 11) is 2.05. The lowest BCUT2D eigenvalue weighted by atomic mass is 9.71. The number of nitrogens with zero attached hydrogens (tertiary/aromatic N) is 1. The quantitative estimate of drug-likeness (QED) is 0.872. The van der Waals surface area contributed by atoms with Gasteiger partial charge in [0, 0.05) is 0 Å². The summed E-state index contributed by atoms with van der Waals surface area (Å²) in [5.74, 6) is -0.678. The third-order valence-corrected chi connectivity index (χ3v) is 4.15. The minimum atomic E-state index is -0.690. The van der Waals surface area contributed by atoms with Crippen molar-refractivity contribution in [1.82, 2.24) is 4.90 Å². The van der Waals surface area contributed by atoms with Crippen molar-refractivity contribution in [1.29, 1.82) is 0 Å². The molecule has 1 N–H and O–H groups in total. The third kappa shape index (κ3) is 2.15. The lowest BCUT2D eigenvalue weighted by Gasteiger charge is -2.38. The summed E-state index contributed by atoms with van der Waals surface area (Å²) in [5.41, 5.74) is 2.59. The van der Waals surface area contributed by atoms with Crippen molar-refractivity contribution in [2.75, 3.05) is 20.1 Å². The van der Waals surface area contributed by atoms with Crippen LogP contribution in [0.4, 0.5) is 0 Å². The fraction of sp³-hybridized carbons (Fsp3) is 0.533. The SMILES string of the molecule is Cc1ccc(C2(C(=O)O)CCN(C)CC2)c(C)c1. The van der Waals surface area contributed by atoms with Gasteiger partial charge in [-0.15, -0.1) is 0 Å². The molecule has 98 valence electrons. The number of carbonyl (C=O) groups is 1. The zero-order valence-electron chi connectivity index (χ0n) is 11.4. The third-order valence-electron chi connectivity index (χ3n) is 4.15. The summed E-state index contributed by atoms with van der Waals surface area (Å²) in [6, 6.07) is 6.10. The number of carboxylic acid groups (broad SMARTS) is 1. The number of likely N-dealkylation sites (tertiary alicyclic amines) is 1. The molecular formula is C15H21NO2. The van der Waals surface area contributed by atoms with E-state index in [0.29, 0.717) is 12.8 Å². The van der Waals surface area contributed by atoms with E-state index in [0.717, 1.165) is 24.2 Å². The first kappa shape index (κ1) is 13.1. The fourth-order valence-corrected chi connectivity index (χ4v) is 2.95.